The Bertz CT molecular complexity index is 1730. The Morgan fingerprint density at radius 1 is 0.867 bits per heavy atom. The number of carbonyl (C=O) groups excluding carboxylic acids is 2. The van der Waals surface area contributed by atoms with Gasteiger partial charge in [-0.15, -0.1) is 10.2 Å². The number of amides is 3. The van der Waals surface area contributed by atoms with E-state index in [2.05, 4.69) is 20.8 Å². The van der Waals surface area contributed by atoms with Gasteiger partial charge in [0.2, 0.25) is 5.88 Å². The summed E-state index contributed by atoms with van der Waals surface area (Å²) in [6.07, 6.45) is -5.03. The average Bonchev–Trinajstić information content (AvgIpc) is 3.15. The first-order valence-corrected chi connectivity index (χ1v) is 13.7. The molecule has 0 saturated carbocycles. The van der Waals surface area contributed by atoms with Crippen LogP contribution in [0.15, 0.2) is 72.8 Å². The molecule has 45 heavy (non-hydrogen) atoms. The van der Waals surface area contributed by atoms with Crippen LogP contribution in [0.5, 0.6) is 5.88 Å². The van der Waals surface area contributed by atoms with E-state index >= 15 is 0 Å². The molecular formula is C31H27F5N6O3. The van der Waals surface area contributed by atoms with Gasteiger partial charge in [-0.05, 0) is 87.0 Å². The quantitative estimate of drug-likeness (QED) is 0.148. The highest BCUT2D eigenvalue weighted by atomic mass is 19.4. The van der Waals surface area contributed by atoms with Gasteiger partial charge in [-0.25, -0.2) is 18.5 Å². The normalized spacial score (nSPS) is 14.6. The molecule has 9 nitrogen and oxygen atoms in total. The summed E-state index contributed by atoms with van der Waals surface area (Å²) < 4.78 is 73.6. The van der Waals surface area contributed by atoms with Gasteiger partial charge in [0.1, 0.15) is 17.2 Å². The summed E-state index contributed by atoms with van der Waals surface area (Å²) >= 11 is 0. The Kier molecular flexibility index (Phi) is 8.32. The predicted octanol–water partition coefficient (Wildman–Crippen LogP) is 7.41. The van der Waals surface area contributed by atoms with Gasteiger partial charge >= 0.3 is 12.2 Å². The SMILES string of the molecule is CCOc1ccc(Nc2ccc(Nc3cc(F)ccc3CN3C(=O)N(c4ccc(F)c(C(F)(F)F)c4)C(=O)C3(C)C)cc2)nn1. The fraction of sp³-hybridized carbons (Fsp3) is 0.226. The maximum absolute atomic E-state index is 14.4. The summed E-state index contributed by atoms with van der Waals surface area (Å²) in [5, 5.41) is 14.2. The van der Waals surface area contributed by atoms with Crippen LogP contribution in [0.1, 0.15) is 31.9 Å². The number of anilines is 5. The Balaban J connectivity index is 1.36. The van der Waals surface area contributed by atoms with Gasteiger partial charge in [0.15, 0.2) is 5.82 Å². The number of aromatic nitrogens is 2. The fourth-order valence-electron chi connectivity index (χ4n) is 4.72. The lowest BCUT2D eigenvalue weighted by atomic mass is 10.0. The van der Waals surface area contributed by atoms with Crippen LogP contribution in [0.4, 0.5) is 55.3 Å². The van der Waals surface area contributed by atoms with Gasteiger partial charge in [0.25, 0.3) is 5.91 Å². The number of nitrogens with one attached hydrogen (secondary N) is 2. The average molecular weight is 627 g/mol. The number of benzene rings is 3. The lowest BCUT2D eigenvalue weighted by Crippen LogP contribution is -2.43. The predicted molar refractivity (Wildman–Crippen MR) is 157 cm³/mol. The van der Waals surface area contributed by atoms with Crippen LogP contribution in [0.25, 0.3) is 0 Å². The zero-order valence-electron chi connectivity index (χ0n) is 24.2. The molecule has 234 valence electrons. The number of urea groups is 1. The molecule has 4 aromatic rings. The van der Waals surface area contributed by atoms with Crippen LogP contribution < -0.4 is 20.3 Å². The Labute approximate surface area is 254 Å². The highest BCUT2D eigenvalue weighted by Gasteiger charge is 2.52. The number of ether oxygens (including phenoxy) is 1. The summed E-state index contributed by atoms with van der Waals surface area (Å²) in [4.78, 5) is 28.6. The van der Waals surface area contributed by atoms with Crippen molar-refractivity contribution in [3.05, 3.63) is 95.6 Å². The van der Waals surface area contributed by atoms with Gasteiger partial charge in [-0.2, -0.15) is 13.2 Å². The minimum Gasteiger partial charge on any atom is -0.477 e. The van der Waals surface area contributed by atoms with Crippen LogP contribution in [-0.2, 0) is 17.5 Å². The summed E-state index contributed by atoms with van der Waals surface area (Å²) in [5.74, 6) is -2.01. The van der Waals surface area contributed by atoms with Crippen molar-refractivity contribution in [2.45, 2.75) is 39.0 Å². The first kappa shape index (κ1) is 31.2. The third-order valence-electron chi connectivity index (χ3n) is 7.11. The first-order valence-electron chi connectivity index (χ1n) is 13.7. The number of imide groups is 1. The number of nitrogens with zero attached hydrogens (tertiary/aromatic N) is 4. The Morgan fingerprint density at radius 2 is 1.56 bits per heavy atom. The largest absolute Gasteiger partial charge is 0.477 e. The second kappa shape index (κ2) is 12.0. The van der Waals surface area contributed by atoms with Gasteiger partial charge in [0.05, 0.1) is 24.4 Å². The van der Waals surface area contributed by atoms with Crippen molar-refractivity contribution in [1.29, 1.82) is 0 Å². The molecule has 0 bridgehead atoms. The van der Waals surface area contributed by atoms with Crippen molar-refractivity contribution in [2.24, 2.45) is 0 Å². The highest BCUT2D eigenvalue weighted by molar-refractivity contribution is 6.23. The van der Waals surface area contributed by atoms with Crippen LogP contribution in [0.3, 0.4) is 0 Å². The van der Waals surface area contributed by atoms with Crippen molar-refractivity contribution in [1.82, 2.24) is 15.1 Å². The molecule has 14 heteroatoms. The van der Waals surface area contributed by atoms with E-state index in [0.717, 1.165) is 11.0 Å². The molecule has 1 saturated heterocycles. The van der Waals surface area contributed by atoms with E-state index in [-0.39, 0.29) is 6.54 Å². The van der Waals surface area contributed by atoms with Crippen LogP contribution >= 0.6 is 0 Å². The molecule has 3 aromatic carbocycles. The minimum absolute atomic E-state index is 0.194. The van der Waals surface area contributed by atoms with E-state index < -0.39 is 46.5 Å². The van der Waals surface area contributed by atoms with E-state index in [1.165, 1.54) is 32.0 Å². The molecule has 1 aliphatic rings. The highest BCUT2D eigenvalue weighted by Crippen LogP contribution is 2.38. The summed E-state index contributed by atoms with van der Waals surface area (Å²) in [7, 11) is 0. The van der Waals surface area contributed by atoms with E-state index in [9.17, 15) is 31.5 Å². The topological polar surface area (TPSA) is 99.7 Å². The summed E-state index contributed by atoms with van der Waals surface area (Å²) in [5.41, 5.74) is -1.53. The number of rotatable bonds is 9. The van der Waals surface area contributed by atoms with Gasteiger partial charge in [-0.1, -0.05) is 6.07 Å². The van der Waals surface area contributed by atoms with Gasteiger partial charge in [-0.3, -0.25) is 4.79 Å². The Hall–Kier alpha value is -5.27. The third kappa shape index (κ3) is 6.49. The number of carbonyl (C=O) groups is 2. The van der Waals surface area contributed by atoms with Gasteiger partial charge in [0, 0.05) is 23.1 Å². The lowest BCUT2D eigenvalue weighted by Gasteiger charge is -2.28. The number of halogens is 5. The molecule has 5 rings (SSSR count). The summed E-state index contributed by atoms with van der Waals surface area (Å²) in [6, 6.07) is 15.2. The first-order chi connectivity index (χ1) is 21.3. The number of hydrogen-bond donors (Lipinski definition) is 2. The monoisotopic (exact) mass is 626 g/mol. The molecule has 1 aromatic heterocycles. The maximum Gasteiger partial charge on any atom is 0.419 e. The number of hydrogen-bond acceptors (Lipinski definition) is 7. The lowest BCUT2D eigenvalue weighted by molar-refractivity contribution is -0.140. The third-order valence-corrected chi connectivity index (χ3v) is 7.11. The van der Waals surface area contributed by atoms with Crippen LogP contribution in [-0.4, -0.2) is 39.2 Å². The van der Waals surface area contributed by atoms with Crippen LogP contribution in [0.2, 0.25) is 0 Å². The molecule has 3 amide bonds. The molecule has 2 heterocycles. The Morgan fingerprint density at radius 3 is 2.18 bits per heavy atom. The molecule has 1 fully saturated rings. The zero-order chi connectivity index (χ0) is 32.5. The molecular weight excluding hydrogens is 599 g/mol. The molecule has 0 aliphatic carbocycles. The van der Waals surface area contributed by atoms with Crippen molar-refractivity contribution in [2.75, 3.05) is 22.1 Å². The fourth-order valence-corrected chi connectivity index (χ4v) is 4.72. The minimum atomic E-state index is -5.03. The molecule has 2 N–H and O–H groups in total. The second-order valence-corrected chi connectivity index (χ2v) is 10.5. The number of alkyl halides is 3. The molecule has 1 aliphatic heterocycles. The van der Waals surface area contributed by atoms with Crippen LogP contribution in [0, 0.1) is 11.6 Å². The second-order valence-electron chi connectivity index (χ2n) is 10.5. The molecule has 0 unspecified atom stereocenters. The van der Waals surface area contributed by atoms with E-state index in [1.54, 1.807) is 36.4 Å². The maximum atomic E-state index is 14.4. The van der Waals surface area contributed by atoms with E-state index in [4.69, 9.17) is 4.74 Å². The molecule has 0 spiro atoms. The standard InChI is InChI=1S/C31H27F5N6O3/c1-4-45-27-14-13-26(39-40-27)38-21-9-7-20(8-10-21)37-25-15-19(32)6-5-18(25)17-41-29(44)42(28(43)30(41,2)3)22-11-12-24(33)23(16-22)31(34,35)36/h5-16,37H,4,17H2,1-3H3,(H,38,39). The zero-order valence-corrected chi connectivity index (χ0v) is 24.2. The van der Waals surface area contributed by atoms with Gasteiger partial charge < -0.3 is 20.3 Å². The van der Waals surface area contributed by atoms with Crippen molar-refractivity contribution in [3.63, 3.8) is 0 Å². The molecule has 0 radical (unpaired) electrons. The smallest absolute Gasteiger partial charge is 0.419 e. The van der Waals surface area contributed by atoms with E-state index in [0.29, 0.717) is 58.0 Å². The van der Waals surface area contributed by atoms with E-state index in [1.807, 2.05) is 6.92 Å². The van der Waals surface area contributed by atoms with Crippen molar-refractivity contribution in [3.8, 4) is 5.88 Å². The van der Waals surface area contributed by atoms with Crippen molar-refractivity contribution >= 4 is 40.5 Å². The molecule has 0 atom stereocenters. The summed E-state index contributed by atoms with van der Waals surface area (Å²) in [6.45, 7) is 5.00. The van der Waals surface area contributed by atoms with Crippen molar-refractivity contribution < 1.29 is 36.3 Å².